The maximum Gasteiger partial charge on any atom is 0.179 e. The third-order valence-electron chi connectivity index (χ3n) is 12.4. The Bertz CT molecular complexity index is 4740. The SMILES string of the molecule is [2H]c1c([2H])c([2H])c(-n2c3c([2H])c([2H])c([2H])c([2H])c3c3c([2H])c([2H])c4c(c5c([2H])c([2H])c([2H])c([2H])c5n4-c4cccc([Si](c5ccccc5)(c5ccccc5)c5cccc(-c6cccc7c6oc6ccccc67)c5)c4)c32)c([2H])c1[2H]. The Morgan fingerprint density at radius 2 is 1.00 bits per heavy atom. The van der Waals surface area contributed by atoms with Crippen LogP contribution in [0, 0.1) is 0 Å². The molecule has 3 heterocycles. The minimum atomic E-state index is -3.53. The Morgan fingerprint density at radius 3 is 1.78 bits per heavy atom. The second kappa shape index (κ2) is 14.5. The third kappa shape index (κ3) is 5.33. The Labute approximate surface area is 392 Å². The minimum absolute atomic E-state index is 0.106. The average molecular weight is 848 g/mol. The number of hydrogen-bond donors (Lipinski definition) is 0. The van der Waals surface area contributed by atoms with Crippen LogP contribution in [0.5, 0.6) is 0 Å². The standard InChI is InChI=1S/C60H40N2OSi/c1-4-20-42(21-5-1)62-54-34-13-10-29-49(54)51-37-38-56-58(59(51)62)53-31-11-14-35-55(53)61(56)43-22-17-28-47(40-43)64(44-23-6-2-7-24-44,45-25-8-3-9-26-45)46-27-16-19-41(39-46)48-32-18-33-52-50-30-12-15-36-57(50)63-60(48)52/h1-40H/i1D,4D,5D,10D,11D,13D,14D,20D,21D,29D,31D,34D,35D,37D,38D. The summed E-state index contributed by atoms with van der Waals surface area (Å²) >= 11 is 0. The van der Waals surface area contributed by atoms with Crippen LogP contribution in [-0.2, 0) is 0 Å². The smallest absolute Gasteiger partial charge is 0.179 e. The van der Waals surface area contributed by atoms with Crippen LogP contribution in [0.3, 0.4) is 0 Å². The lowest BCUT2D eigenvalue weighted by Crippen LogP contribution is -2.74. The topological polar surface area (TPSA) is 23.0 Å². The van der Waals surface area contributed by atoms with E-state index in [1.807, 2.05) is 97.1 Å². The zero-order valence-corrected chi connectivity index (χ0v) is 34.7. The first kappa shape index (κ1) is 24.5. The normalized spacial score (nSPS) is 15.3. The van der Waals surface area contributed by atoms with Crippen molar-refractivity contribution in [2.75, 3.05) is 0 Å². The first-order valence-corrected chi connectivity index (χ1v) is 22.8. The van der Waals surface area contributed by atoms with Crippen molar-refractivity contribution in [3.05, 3.63) is 242 Å². The molecule has 0 radical (unpaired) electrons. The number of benzene rings is 10. The van der Waals surface area contributed by atoms with Gasteiger partial charge in [0, 0.05) is 49.3 Å². The molecule has 0 amide bonds. The molecule has 0 unspecified atom stereocenters. The molecule has 13 rings (SSSR count). The molecule has 0 bridgehead atoms. The monoisotopic (exact) mass is 847 g/mol. The molecule has 3 aromatic heterocycles. The summed E-state index contributed by atoms with van der Waals surface area (Å²) in [5.74, 6) is 0. The molecule has 64 heavy (non-hydrogen) atoms. The molecule has 0 saturated heterocycles. The van der Waals surface area contributed by atoms with Crippen molar-refractivity contribution in [1.29, 1.82) is 0 Å². The Morgan fingerprint density at radius 1 is 0.391 bits per heavy atom. The summed E-state index contributed by atoms with van der Waals surface area (Å²) in [5.41, 5.74) is 2.31. The predicted molar refractivity (Wildman–Crippen MR) is 271 cm³/mol. The van der Waals surface area contributed by atoms with Gasteiger partial charge < -0.3 is 13.6 Å². The number of rotatable bonds is 7. The number of fused-ring (bicyclic) bond motifs is 10. The van der Waals surface area contributed by atoms with Gasteiger partial charge in [0.15, 0.2) is 8.07 Å². The van der Waals surface area contributed by atoms with Crippen LogP contribution < -0.4 is 20.7 Å². The molecule has 0 aliphatic heterocycles. The van der Waals surface area contributed by atoms with E-state index < -0.39 is 104 Å². The van der Waals surface area contributed by atoms with Crippen molar-refractivity contribution in [3.63, 3.8) is 0 Å². The van der Waals surface area contributed by atoms with Gasteiger partial charge in [0.1, 0.15) is 11.2 Å². The minimum Gasteiger partial charge on any atom is -0.455 e. The highest BCUT2D eigenvalue weighted by Crippen LogP contribution is 2.42. The van der Waals surface area contributed by atoms with E-state index in [1.54, 1.807) is 6.07 Å². The van der Waals surface area contributed by atoms with Gasteiger partial charge in [0.2, 0.25) is 0 Å². The first-order valence-electron chi connectivity index (χ1n) is 28.3. The van der Waals surface area contributed by atoms with E-state index in [0.29, 0.717) is 5.69 Å². The van der Waals surface area contributed by atoms with Gasteiger partial charge >= 0.3 is 0 Å². The molecular formula is C60H40N2OSi. The maximum absolute atomic E-state index is 10.0. The summed E-state index contributed by atoms with van der Waals surface area (Å²) in [7, 11) is -3.53. The Balaban J connectivity index is 1.19. The van der Waals surface area contributed by atoms with Crippen LogP contribution >= 0.6 is 0 Å². The lowest BCUT2D eigenvalue weighted by Gasteiger charge is -2.35. The molecule has 0 spiro atoms. The van der Waals surface area contributed by atoms with Gasteiger partial charge in [-0.05, 0) is 74.7 Å². The van der Waals surface area contributed by atoms with E-state index in [9.17, 15) is 11.0 Å². The molecular weight excluding hydrogens is 793 g/mol. The molecule has 0 N–H and O–H groups in total. The van der Waals surface area contributed by atoms with Gasteiger partial charge in [-0.3, -0.25) is 0 Å². The van der Waals surface area contributed by atoms with E-state index >= 15 is 0 Å². The highest BCUT2D eigenvalue weighted by Gasteiger charge is 2.42. The zero-order chi connectivity index (χ0) is 55.2. The lowest BCUT2D eigenvalue weighted by molar-refractivity contribution is 0.670. The summed E-state index contributed by atoms with van der Waals surface area (Å²) < 4.78 is 147. The van der Waals surface area contributed by atoms with Crippen molar-refractivity contribution >= 4 is 94.4 Å². The Kier molecular flexibility index (Phi) is 5.52. The molecule has 0 saturated carbocycles. The van der Waals surface area contributed by atoms with E-state index in [4.69, 9.17) is 14.0 Å². The second-order valence-corrected chi connectivity index (χ2v) is 19.5. The van der Waals surface area contributed by atoms with Crippen molar-refractivity contribution in [2.45, 2.75) is 0 Å². The largest absolute Gasteiger partial charge is 0.455 e. The first-order chi connectivity index (χ1) is 38.0. The van der Waals surface area contributed by atoms with Gasteiger partial charge in [0.05, 0.1) is 42.6 Å². The van der Waals surface area contributed by atoms with Crippen molar-refractivity contribution in [2.24, 2.45) is 0 Å². The fourth-order valence-corrected chi connectivity index (χ4v) is 14.6. The zero-order valence-electron chi connectivity index (χ0n) is 48.7. The maximum atomic E-state index is 10.0. The van der Waals surface area contributed by atoms with Gasteiger partial charge in [0.25, 0.3) is 0 Å². The molecule has 13 aromatic rings. The van der Waals surface area contributed by atoms with Crippen LogP contribution in [0.15, 0.2) is 247 Å². The molecule has 300 valence electrons. The van der Waals surface area contributed by atoms with E-state index in [1.165, 1.54) is 4.57 Å². The summed E-state index contributed by atoms with van der Waals surface area (Å²) in [6.45, 7) is 0. The highest BCUT2D eigenvalue weighted by molar-refractivity contribution is 7.20. The molecule has 10 aromatic carbocycles. The number of nitrogens with zero attached hydrogens (tertiary/aromatic N) is 2. The second-order valence-electron chi connectivity index (χ2n) is 15.7. The number of para-hydroxylation sites is 5. The number of hydrogen-bond acceptors (Lipinski definition) is 1. The van der Waals surface area contributed by atoms with Crippen molar-refractivity contribution < 1.29 is 25.0 Å². The average Bonchev–Trinajstić information content (AvgIpc) is 4.37. The van der Waals surface area contributed by atoms with E-state index in [-0.39, 0.29) is 43.6 Å². The molecule has 0 atom stereocenters. The van der Waals surface area contributed by atoms with Gasteiger partial charge in [-0.15, -0.1) is 0 Å². The lowest BCUT2D eigenvalue weighted by atomic mass is 10.0. The highest BCUT2D eigenvalue weighted by atomic mass is 28.3. The van der Waals surface area contributed by atoms with Crippen molar-refractivity contribution in [3.8, 4) is 22.5 Å². The van der Waals surface area contributed by atoms with Gasteiger partial charge in [-0.2, -0.15) is 0 Å². The summed E-state index contributed by atoms with van der Waals surface area (Å²) in [6.07, 6.45) is 0. The molecule has 0 aliphatic rings. The van der Waals surface area contributed by atoms with Crippen LogP contribution in [0.1, 0.15) is 20.6 Å². The third-order valence-corrected chi connectivity index (χ3v) is 17.2. The van der Waals surface area contributed by atoms with Crippen LogP contribution in [0.2, 0.25) is 0 Å². The molecule has 0 aliphatic carbocycles. The quantitative estimate of drug-likeness (QED) is 0.116. The molecule has 0 fully saturated rings. The molecule has 3 nitrogen and oxygen atoms in total. The predicted octanol–water partition coefficient (Wildman–Crippen LogP) is 12.8. The summed E-state index contributed by atoms with van der Waals surface area (Å²) in [5, 5.41) is 5.00. The van der Waals surface area contributed by atoms with E-state index in [2.05, 4.69) is 48.5 Å². The number of aromatic nitrogens is 2. The summed E-state index contributed by atoms with van der Waals surface area (Å²) in [4.78, 5) is 0. The Hall–Kier alpha value is -8.18. The van der Waals surface area contributed by atoms with Gasteiger partial charge in [-0.25, -0.2) is 0 Å². The van der Waals surface area contributed by atoms with E-state index in [0.717, 1.165) is 58.4 Å². The fraction of sp³-hybridized carbons (Fsp3) is 0. The molecule has 4 heteroatoms. The fourth-order valence-electron chi connectivity index (χ4n) is 9.81. The van der Waals surface area contributed by atoms with Crippen molar-refractivity contribution in [1.82, 2.24) is 9.13 Å². The van der Waals surface area contributed by atoms with Crippen LogP contribution in [0.4, 0.5) is 0 Å². The summed E-state index contributed by atoms with van der Waals surface area (Å²) in [6, 6.07) is 40.5. The van der Waals surface area contributed by atoms with Crippen LogP contribution in [-0.4, -0.2) is 17.2 Å². The van der Waals surface area contributed by atoms with Gasteiger partial charge in [-0.1, -0.05) is 194 Å². The number of furan rings is 1. The van der Waals surface area contributed by atoms with Crippen LogP contribution in [0.25, 0.3) is 88.1 Å².